The molecule has 1 aromatic rings. The van der Waals surface area contributed by atoms with Gasteiger partial charge >= 0.3 is 0 Å². The first kappa shape index (κ1) is 22.4. The molecule has 1 N–H and O–H groups in total. The first-order valence-electron chi connectivity index (χ1n) is 10.9. The Morgan fingerprint density at radius 1 is 1.00 bits per heavy atom. The second kappa shape index (κ2) is 10.6. The molecule has 0 aliphatic carbocycles. The molecule has 1 heterocycles. The predicted molar refractivity (Wildman–Crippen MR) is 117 cm³/mol. The molecule has 1 fully saturated rings. The predicted octanol–water partition coefficient (Wildman–Crippen LogP) is 5.13. The summed E-state index contributed by atoms with van der Waals surface area (Å²) in [5.41, 5.74) is 0.540. The minimum Gasteiger partial charge on any atom is -0.497 e. The fourth-order valence-corrected chi connectivity index (χ4v) is 9.11. The van der Waals surface area contributed by atoms with Gasteiger partial charge in [-0.25, -0.2) is 0 Å². The van der Waals surface area contributed by atoms with Gasteiger partial charge in [-0.15, -0.1) is 0 Å². The van der Waals surface area contributed by atoms with Crippen LogP contribution in [0.4, 0.5) is 0 Å². The van der Waals surface area contributed by atoms with Crippen LogP contribution >= 0.6 is 0 Å². The maximum Gasteiger partial charge on any atom is 0.118 e. The maximum absolute atomic E-state index is 9.61. The molecule has 0 amide bonds. The van der Waals surface area contributed by atoms with E-state index < -0.39 is 8.07 Å². The van der Waals surface area contributed by atoms with Crippen molar-refractivity contribution in [2.75, 3.05) is 13.7 Å². The SMILES string of the molecule is CCCCCCC[C@@H]1O[C@H](CCO)[C@@H]([Si](C)(C)c2ccc(OC)cc2)[C@@H]1C. The van der Waals surface area contributed by atoms with E-state index in [9.17, 15) is 5.11 Å². The van der Waals surface area contributed by atoms with E-state index in [1.807, 2.05) is 0 Å². The van der Waals surface area contributed by atoms with Crippen LogP contribution in [0.3, 0.4) is 0 Å². The fourth-order valence-electron chi connectivity index (χ4n) is 4.99. The quantitative estimate of drug-likeness (QED) is 0.419. The van der Waals surface area contributed by atoms with Crippen molar-refractivity contribution >= 4 is 13.3 Å². The number of hydrogen-bond donors (Lipinski definition) is 1. The van der Waals surface area contributed by atoms with E-state index in [0.29, 0.717) is 17.6 Å². The zero-order chi connectivity index (χ0) is 19.9. The lowest BCUT2D eigenvalue weighted by Gasteiger charge is -2.36. The monoisotopic (exact) mass is 392 g/mol. The first-order valence-corrected chi connectivity index (χ1v) is 13.9. The van der Waals surface area contributed by atoms with Gasteiger partial charge in [0.1, 0.15) is 5.75 Å². The topological polar surface area (TPSA) is 38.7 Å². The lowest BCUT2D eigenvalue weighted by Crippen LogP contribution is -2.50. The summed E-state index contributed by atoms with van der Waals surface area (Å²) in [6.45, 7) is 9.79. The molecule has 27 heavy (non-hydrogen) atoms. The molecule has 0 spiro atoms. The van der Waals surface area contributed by atoms with Gasteiger partial charge in [-0.1, -0.05) is 76.4 Å². The van der Waals surface area contributed by atoms with Crippen LogP contribution < -0.4 is 9.92 Å². The number of rotatable bonds is 11. The van der Waals surface area contributed by atoms with Gasteiger partial charge in [0.15, 0.2) is 0 Å². The maximum atomic E-state index is 9.61. The van der Waals surface area contributed by atoms with Gasteiger partial charge in [0.05, 0.1) is 27.4 Å². The second-order valence-electron chi connectivity index (χ2n) is 8.76. The summed E-state index contributed by atoms with van der Waals surface area (Å²) in [4.78, 5) is 0. The number of hydrogen-bond acceptors (Lipinski definition) is 3. The molecule has 1 aromatic carbocycles. The van der Waals surface area contributed by atoms with E-state index >= 15 is 0 Å². The van der Waals surface area contributed by atoms with Crippen molar-refractivity contribution in [3.05, 3.63) is 24.3 Å². The van der Waals surface area contributed by atoms with E-state index in [4.69, 9.17) is 9.47 Å². The summed E-state index contributed by atoms with van der Waals surface area (Å²) in [7, 11) is -0.0240. The largest absolute Gasteiger partial charge is 0.497 e. The van der Waals surface area contributed by atoms with Crippen LogP contribution in [0.2, 0.25) is 18.6 Å². The molecule has 0 unspecified atom stereocenters. The van der Waals surface area contributed by atoms with Gasteiger partial charge in [0, 0.05) is 6.61 Å². The molecule has 1 aliphatic heterocycles. The first-order chi connectivity index (χ1) is 13.0. The highest BCUT2D eigenvalue weighted by molar-refractivity contribution is 6.91. The third kappa shape index (κ3) is 5.58. The van der Waals surface area contributed by atoms with E-state index in [2.05, 4.69) is 51.2 Å². The Morgan fingerprint density at radius 3 is 2.26 bits per heavy atom. The molecule has 4 heteroatoms. The van der Waals surface area contributed by atoms with Gasteiger partial charge in [0.2, 0.25) is 0 Å². The number of aliphatic hydroxyl groups is 1. The number of aliphatic hydroxyl groups excluding tert-OH is 1. The van der Waals surface area contributed by atoms with Gasteiger partial charge in [-0.05, 0) is 36.4 Å². The van der Waals surface area contributed by atoms with Crippen LogP contribution in [-0.2, 0) is 4.74 Å². The summed E-state index contributed by atoms with van der Waals surface area (Å²) in [5, 5.41) is 11.1. The molecule has 1 saturated heterocycles. The smallest absolute Gasteiger partial charge is 0.118 e. The van der Waals surface area contributed by atoms with Gasteiger partial charge < -0.3 is 14.6 Å². The van der Waals surface area contributed by atoms with Gasteiger partial charge in [0.25, 0.3) is 0 Å². The average Bonchev–Trinajstić information content (AvgIpc) is 2.98. The fraction of sp³-hybridized carbons (Fsp3) is 0.739. The summed E-state index contributed by atoms with van der Waals surface area (Å²) in [6.07, 6.45) is 9.00. The zero-order valence-electron chi connectivity index (χ0n) is 18.0. The van der Waals surface area contributed by atoms with E-state index in [0.717, 1.165) is 18.6 Å². The lowest BCUT2D eigenvalue weighted by molar-refractivity contribution is 0.0181. The highest BCUT2D eigenvalue weighted by Gasteiger charge is 2.49. The summed E-state index contributed by atoms with van der Waals surface area (Å²) >= 11 is 0. The third-order valence-electron chi connectivity index (χ3n) is 6.58. The number of ether oxygens (including phenoxy) is 2. The summed E-state index contributed by atoms with van der Waals surface area (Å²) < 4.78 is 11.9. The molecule has 0 aromatic heterocycles. The van der Waals surface area contributed by atoms with Crippen LogP contribution in [0.25, 0.3) is 0 Å². The molecule has 0 bridgehead atoms. The minimum absolute atomic E-state index is 0.189. The molecule has 0 saturated carbocycles. The second-order valence-corrected chi connectivity index (χ2v) is 13.5. The van der Waals surface area contributed by atoms with Crippen molar-refractivity contribution < 1.29 is 14.6 Å². The van der Waals surface area contributed by atoms with Gasteiger partial charge in [-0.3, -0.25) is 0 Å². The molecule has 1 aliphatic rings. The molecule has 4 atom stereocenters. The minimum atomic E-state index is -1.74. The molecule has 3 nitrogen and oxygen atoms in total. The lowest BCUT2D eigenvalue weighted by atomic mass is 9.95. The van der Waals surface area contributed by atoms with Crippen molar-refractivity contribution in [1.82, 2.24) is 0 Å². The van der Waals surface area contributed by atoms with Crippen molar-refractivity contribution in [3.63, 3.8) is 0 Å². The molecule has 2 rings (SSSR count). The average molecular weight is 393 g/mol. The van der Waals surface area contributed by atoms with Crippen LogP contribution in [-0.4, -0.2) is 39.1 Å². The Hall–Kier alpha value is -0.843. The Balaban J connectivity index is 2.10. The van der Waals surface area contributed by atoms with Crippen molar-refractivity contribution in [1.29, 1.82) is 0 Å². The van der Waals surface area contributed by atoms with Crippen LogP contribution in [0, 0.1) is 5.92 Å². The normalized spacial score (nSPS) is 25.7. The molecular formula is C23H40O3Si. The Bertz CT molecular complexity index is 543. The molecule has 0 radical (unpaired) electrons. The van der Waals surface area contributed by atoms with E-state index in [1.165, 1.54) is 37.3 Å². The van der Waals surface area contributed by atoms with Crippen molar-refractivity contribution in [2.45, 2.75) is 89.6 Å². The Morgan fingerprint density at radius 2 is 1.67 bits per heavy atom. The number of benzene rings is 1. The van der Waals surface area contributed by atoms with Crippen LogP contribution in [0.5, 0.6) is 5.75 Å². The Labute approximate surface area is 167 Å². The van der Waals surface area contributed by atoms with E-state index in [1.54, 1.807) is 7.11 Å². The number of methoxy groups -OCH3 is 1. The molecular weight excluding hydrogens is 352 g/mol. The van der Waals surface area contributed by atoms with Gasteiger partial charge in [-0.2, -0.15) is 0 Å². The van der Waals surface area contributed by atoms with Crippen molar-refractivity contribution in [2.24, 2.45) is 5.92 Å². The highest BCUT2D eigenvalue weighted by atomic mass is 28.3. The van der Waals surface area contributed by atoms with E-state index in [-0.39, 0.29) is 12.7 Å². The summed E-state index contributed by atoms with van der Waals surface area (Å²) in [5.74, 6) is 1.47. The highest BCUT2D eigenvalue weighted by Crippen LogP contribution is 2.46. The van der Waals surface area contributed by atoms with Crippen molar-refractivity contribution in [3.8, 4) is 5.75 Å². The van der Waals surface area contributed by atoms with Crippen LogP contribution in [0.15, 0.2) is 24.3 Å². The standard InChI is InChI=1S/C23H40O3Si/c1-6-7-8-9-10-11-21-18(2)23(22(26-21)16-17-24)27(4,5)20-14-12-19(25-3)13-15-20/h12-15,18,21-24H,6-11,16-17H2,1-5H3/t18-,21+,22-,23+/m1/s1. The number of unbranched alkanes of at least 4 members (excludes halogenated alkanes) is 4. The summed E-state index contributed by atoms with van der Waals surface area (Å²) in [6, 6.07) is 8.64. The molecule has 154 valence electrons. The third-order valence-corrected chi connectivity index (χ3v) is 11.0. The zero-order valence-corrected chi connectivity index (χ0v) is 19.0. The Kier molecular flexibility index (Phi) is 8.84. The van der Waals surface area contributed by atoms with Crippen LogP contribution in [0.1, 0.15) is 58.8 Å².